The minimum Gasteiger partial charge on any atom is -0.393 e. The predicted octanol–water partition coefficient (Wildman–Crippen LogP) is 0.735. The van der Waals surface area contributed by atoms with Gasteiger partial charge in [0.05, 0.1) is 6.10 Å². The Kier molecular flexibility index (Phi) is 0.452. The molecule has 58 valence electrons. The van der Waals surface area contributed by atoms with Gasteiger partial charge in [-0.15, -0.1) is 0 Å². The second-order valence-electron chi connectivity index (χ2n) is 5.52. The average Bonchev–Trinajstić information content (AvgIpc) is 2.40. The Morgan fingerprint density at radius 1 is 0.727 bits per heavy atom. The highest BCUT2D eigenvalue weighted by Gasteiger charge is 2.86. The maximum atomic E-state index is 9.92. The van der Waals surface area contributed by atoms with E-state index in [1.54, 1.807) is 0 Å². The predicted molar refractivity (Wildman–Crippen MR) is 38.5 cm³/mol. The molecule has 4 bridgehead atoms. The van der Waals surface area contributed by atoms with Crippen molar-refractivity contribution in [2.24, 2.45) is 47.3 Å². The molecule has 0 radical (unpaired) electrons. The van der Waals surface area contributed by atoms with Crippen molar-refractivity contribution in [3.05, 3.63) is 0 Å². The Bertz CT molecular complexity index is 264. The average molecular weight is 148 g/mol. The second-order valence-corrected chi connectivity index (χ2v) is 5.52. The van der Waals surface area contributed by atoms with Crippen LogP contribution < -0.4 is 0 Å². The third-order valence-corrected chi connectivity index (χ3v) is 5.98. The molecule has 0 saturated heterocycles. The highest BCUT2D eigenvalue weighted by molar-refractivity contribution is 5.33. The van der Waals surface area contributed by atoms with E-state index in [-0.39, 0.29) is 6.10 Å². The van der Waals surface area contributed by atoms with Crippen molar-refractivity contribution >= 4 is 0 Å². The summed E-state index contributed by atoms with van der Waals surface area (Å²) in [5.41, 5.74) is 0. The number of aliphatic hydroxyl groups excluding tert-OH is 1. The van der Waals surface area contributed by atoms with Crippen LogP contribution in [0.2, 0.25) is 0 Å². The summed E-state index contributed by atoms with van der Waals surface area (Å²) in [6.45, 7) is 0. The van der Waals surface area contributed by atoms with Crippen LogP contribution in [0.25, 0.3) is 0 Å². The van der Waals surface area contributed by atoms with Gasteiger partial charge in [-0.25, -0.2) is 0 Å². The lowest BCUT2D eigenvalue weighted by molar-refractivity contribution is -0.172. The van der Waals surface area contributed by atoms with Gasteiger partial charge in [-0.05, 0) is 53.8 Å². The fourth-order valence-electron chi connectivity index (χ4n) is 6.15. The molecule has 1 heteroatoms. The van der Waals surface area contributed by atoms with Gasteiger partial charge in [0.15, 0.2) is 0 Å². The Hall–Kier alpha value is -0.0400. The quantitative estimate of drug-likeness (QED) is 0.537. The van der Waals surface area contributed by atoms with Crippen LogP contribution in [0.15, 0.2) is 0 Å². The SMILES string of the molecule is O[C@@H]1C2C3CC4C5C3C1C5C42. The molecule has 0 heterocycles. The molecule has 6 aliphatic rings. The van der Waals surface area contributed by atoms with E-state index >= 15 is 0 Å². The van der Waals surface area contributed by atoms with Gasteiger partial charge in [0.25, 0.3) is 0 Å². The van der Waals surface area contributed by atoms with Crippen molar-refractivity contribution in [3.63, 3.8) is 0 Å². The molecule has 0 aromatic rings. The van der Waals surface area contributed by atoms with Gasteiger partial charge in [-0.2, -0.15) is 0 Å². The van der Waals surface area contributed by atoms with Crippen molar-refractivity contribution in [3.8, 4) is 0 Å². The fraction of sp³-hybridized carbons (Fsp3) is 1.00. The first kappa shape index (κ1) is 4.86. The lowest BCUT2D eigenvalue weighted by atomic mass is 9.41. The van der Waals surface area contributed by atoms with E-state index in [4.69, 9.17) is 0 Å². The monoisotopic (exact) mass is 148 g/mol. The van der Waals surface area contributed by atoms with Crippen LogP contribution >= 0.6 is 0 Å². The van der Waals surface area contributed by atoms with Crippen molar-refractivity contribution in [2.75, 3.05) is 0 Å². The molecule has 6 fully saturated rings. The summed E-state index contributed by atoms with van der Waals surface area (Å²) >= 11 is 0. The molecular formula is C10H12O. The topological polar surface area (TPSA) is 20.2 Å². The van der Waals surface area contributed by atoms with Crippen LogP contribution in [0.3, 0.4) is 0 Å². The normalized spacial score (nSPS) is 90.8. The van der Waals surface area contributed by atoms with Crippen LogP contribution in [0, 0.1) is 47.3 Å². The molecule has 1 nitrogen and oxygen atoms in total. The largest absolute Gasteiger partial charge is 0.393 e. The van der Waals surface area contributed by atoms with Crippen LogP contribution in [-0.4, -0.2) is 11.2 Å². The van der Waals surface area contributed by atoms with Crippen LogP contribution in [0.1, 0.15) is 6.42 Å². The van der Waals surface area contributed by atoms with Gasteiger partial charge in [-0.1, -0.05) is 0 Å². The van der Waals surface area contributed by atoms with E-state index < -0.39 is 0 Å². The summed E-state index contributed by atoms with van der Waals surface area (Å²) in [6, 6.07) is 0. The highest BCUT2D eigenvalue weighted by atomic mass is 16.3. The van der Waals surface area contributed by atoms with Crippen molar-refractivity contribution < 1.29 is 5.11 Å². The molecule has 1 N–H and O–H groups in total. The first-order valence-corrected chi connectivity index (χ1v) is 5.07. The van der Waals surface area contributed by atoms with Gasteiger partial charge in [0, 0.05) is 0 Å². The first-order valence-electron chi connectivity index (χ1n) is 5.07. The van der Waals surface area contributed by atoms with E-state index in [1.165, 1.54) is 6.42 Å². The molecule has 0 amide bonds. The summed E-state index contributed by atoms with van der Waals surface area (Å²) in [4.78, 5) is 0. The molecule has 6 aliphatic carbocycles. The van der Waals surface area contributed by atoms with E-state index in [0.29, 0.717) is 0 Å². The molecule has 8 unspecified atom stereocenters. The lowest BCUT2D eigenvalue weighted by Gasteiger charge is -2.63. The van der Waals surface area contributed by atoms with E-state index in [9.17, 15) is 5.11 Å². The first-order chi connectivity index (χ1) is 5.39. The van der Waals surface area contributed by atoms with Gasteiger partial charge in [0.2, 0.25) is 0 Å². The van der Waals surface area contributed by atoms with Gasteiger partial charge >= 0.3 is 0 Å². The summed E-state index contributed by atoms with van der Waals surface area (Å²) in [7, 11) is 0. The standard InChI is InChI=1S/C10H12O/c11-10-7-3-1-2-4-5(3)9(10)8(4)6(2)7/h2-11H,1H2/t2?,3?,4?,5?,6?,7?,8?,9?,10-/m1/s1. The minimum absolute atomic E-state index is 0.156. The molecule has 6 saturated carbocycles. The number of hydrogen-bond donors (Lipinski definition) is 1. The molecule has 9 atom stereocenters. The third-order valence-electron chi connectivity index (χ3n) is 5.98. The summed E-state index contributed by atoms with van der Waals surface area (Å²) in [6.07, 6.45) is 1.66. The molecule has 0 aromatic carbocycles. The van der Waals surface area contributed by atoms with Gasteiger partial charge in [-0.3, -0.25) is 0 Å². The third kappa shape index (κ3) is 0.234. The number of aliphatic hydroxyl groups is 1. The smallest absolute Gasteiger partial charge is 0.0607 e. The summed E-state index contributed by atoms with van der Waals surface area (Å²) < 4.78 is 0. The molecule has 6 rings (SSSR count). The second kappa shape index (κ2) is 1.02. The molecule has 0 aliphatic heterocycles. The zero-order chi connectivity index (χ0) is 6.90. The van der Waals surface area contributed by atoms with Crippen LogP contribution in [0.4, 0.5) is 0 Å². The number of hydrogen-bond acceptors (Lipinski definition) is 1. The van der Waals surface area contributed by atoms with E-state index in [0.717, 1.165) is 47.3 Å². The van der Waals surface area contributed by atoms with Gasteiger partial charge in [0.1, 0.15) is 0 Å². The Morgan fingerprint density at radius 3 is 2.00 bits per heavy atom. The van der Waals surface area contributed by atoms with Crippen molar-refractivity contribution in [1.29, 1.82) is 0 Å². The molecular weight excluding hydrogens is 136 g/mol. The Balaban J connectivity index is 1.88. The fourth-order valence-corrected chi connectivity index (χ4v) is 6.15. The molecule has 0 aromatic heterocycles. The number of rotatable bonds is 0. The lowest BCUT2D eigenvalue weighted by Crippen LogP contribution is -2.60. The van der Waals surface area contributed by atoms with E-state index in [1.807, 2.05) is 0 Å². The zero-order valence-electron chi connectivity index (χ0n) is 6.35. The summed E-state index contributed by atoms with van der Waals surface area (Å²) in [5.74, 6) is 7.91. The van der Waals surface area contributed by atoms with Crippen LogP contribution in [0.5, 0.6) is 0 Å². The highest BCUT2D eigenvalue weighted by Crippen LogP contribution is 2.88. The van der Waals surface area contributed by atoms with Crippen molar-refractivity contribution in [2.45, 2.75) is 12.5 Å². The zero-order valence-corrected chi connectivity index (χ0v) is 6.35. The minimum atomic E-state index is 0.156. The summed E-state index contributed by atoms with van der Waals surface area (Å²) in [5, 5.41) is 9.92. The molecule has 11 heavy (non-hydrogen) atoms. The molecule has 0 spiro atoms. The maximum Gasteiger partial charge on any atom is 0.0607 e. The Morgan fingerprint density at radius 2 is 1.36 bits per heavy atom. The maximum absolute atomic E-state index is 9.92. The van der Waals surface area contributed by atoms with Gasteiger partial charge < -0.3 is 5.11 Å². The van der Waals surface area contributed by atoms with Crippen LogP contribution in [-0.2, 0) is 0 Å². The van der Waals surface area contributed by atoms with E-state index in [2.05, 4.69) is 0 Å². The van der Waals surface area contributed by atoms with Crippen molar-refractivity contribution in [1.82, 2.24) is 0 Å². The Labute approximate surface area is 65.8 Å².